The summed E-state index contributed by atoms with van der Waals surface area (Å²) in [5.74, 6) is -0.193. The number of piperidine rings is 1. The Morgan fingerprint density at radius 1 is 1.07 bits per heavy atom. The lowest BCUT2D eigenvalue weighted by atomic mass is 9.99. The summed E-state index contributed by atoms with van der Waals surface area (Å²) in [6, 6.07) is 8.95. The number of ether oxygens (including phenoxy) is 1. The monoisotopic (exact) mass is 570 g/mol. The number of halogens is 2. The van der Waals surface area contributed by atoms with E-state index in [1.807, 2.05) is 42.1 Å². The van der Waals surface area contributed by atoms with Crippen LogP contribution in [0.3, 0.4) is 0 Å². The molecule has 1 amide bonds. The maximum Gasteiger partial charge on any atom is 0.248 e. The molecule has 2 fully saturated rings. The number of hydrogen-bond donors (Lipinski definition) is 4. The molecule has 41 heavy (non-hydrogen) atoms. The van der Waals surface area contributed by atoms with Gasteiger partial charge in [0.2, 0.25) is 5.91 Å². The average Bonchev–Trinajstić information content (AvgIpc) is 2.95. The molecule has 2 saturated heterocycles. The van der Waals surface area contributed by atoms with Crippen LogP contribution in [-0.2, 0) is 16.1 Å². The highest BCUT2D eigenvalue weighted by Gasteiger charge is 2.25. The van der Waals surface area contributed by atoms with Crippen molar-refractivity contribution >= 4 is 23.1 Å². The average molecular weight is 571 g/mol. The summed E-state index contributed by atoms with van der Waals surface area (Å²) in [6.07, 6.45) is 3.98. The minimum Gasteiger partial charge on any atom is -0.386 e. The first kappa shape index (κ1) is 29.1. The molecule has 12 heteroatoms. The van der Waals surface area contributed by atoms with Crippen LogP contribution in [0, 0.1) is 11.6 Å². The standard InChI is InChI=1S/C29H40F2N8O2/c1-32-29-22(20-15-24(30)23(25(31)16-20)17-38-11-13-41-14-12-38)5-4-6-26(29)36(3)27-18-39(35-27)21-7-9-37(10-8-21)19-28(40)34-33-2/h4-6,15-16,18,21,32-33,35H,7-14,17,19H2,1-3H3,(H,34,40). The second-order valence-corrected chi connectivity index (χ2v) is 10.7. The third-order valence-corrected chi connectivity index (χ3v) is 8.04. The maximum absolute atomic E-state index is 15.2. The quantitative estimate of drug-likeness (QED) is 0.278. The van der Waals surface area contributed by atoms with Crippen molar-refractivity contribution < 1.29 is 18.3 Å². The smallest absolute Gasteiger partial charge is 0.248 e. The summed E-state index contributed by atoms with van der Waals surface area (Å²) < 4.78 is 37.9. The number of H-pyrrole nitrogens is 1. The molecule has 0 radical (unpaired) electrons. The van der Waals surface area contributed by atoms with Gasteiger partial charge in [-0.2, -0.15) is 0 Å². The van der Waals surface area contributed by atoms with E-state index >= 15 is 8.78 Å². The molecule has 2 aliphatic rings. The molecule has 0 atom stereocenters. The van der Waals surface area contributed by atoms with Crippen LogP contribution in [0.15, 0.2) is 36.5 Å². The van der Waals surface area contributed by atoms with E-state index in [2.05, 4.69) is 37.0 Å². The summed E-state index contributed by atoms with van der Waals surface area (Å²) in [7, 11) is 5.46. The molecule has 5 rings (SSSR count). The Labute approximate surface area is 239 Å². The summed E-state index contributed by atoms with van der Waals surface area (Å²) in [6.45, 7) is 4.79. The van der Waals surface area contributed by atoms with Crippen molar-refractivity contribution in [2.45, 2.75) is 25.4 Å². The fourth-order valence-electron chi connectivity index (χ4n) is 5.70. The number of carbonyl (C=O) groups excluding carboxylic acids is 1. The number of hydrogen-bond acceptors (Lipinski definition) is 7. The van der Waals surface area contributed by atoms with E-state index in [0.29, 0.717) is 44.5 Å². The van der Waals surface area contributed by atoms with Crippen LogP contribution in [0.5, 0.6) is 0 Å². The van der Waals surface area contributed by atoms with Crippen molar-refractivity contribution in [3.8, 4) is 11.1 Å². The van der Waals surface area contributed by atoms with E-state index in [0.717, 1.165) is 48.7 Å². The SMILES string of the molecule is CNNC(=O)CN1CCC(n2cc(N(C)c3cccc(-c4cc(F)c(CN5CCOCC5)c(F)c4)c3NC)[nH]2)CC1. The predicted molar refractivity (Wildman–Crippen MR) is 156 cm³/mol. The fourth-order valence-corrected chi connectivity index (χ4v) is 5.70. The molecule has 10 nitrogen and oxygen atoms in total. The van der Waals surface area contributed by atoms with Crippen LogP contribution in [0.1, 0.15) is 24.4 Å². The van der Waals surface area contributed by atoms with Gasteiger partial charge in [0.25, 0.3) is 0 Å². The summed E-state index contributed by atoms with van der Waals surface area (Å²) >= 11 is 0. The van der Waals surface area contributed by atoms with E-state index in [1.54, 1.807) is 7.05 Å². The highest BCUT2D eigenvalue weighted by Crippen LogP contribution is 2.39. The molecule has 0 saturated carbocycles. The minimum atomic E-state index is -0.542. The Hall–Kier alpha value is -3.45. The molecule has 3 heterocycles. The molecule has 4 N–H and O–H groups in total. The van der Waals surface area contributed by atoms with Crippen molar-refractivity contribution in [2.75, 3.05) is 77.3 Å². The molecular formula is C29H40F2N8O2. The first-order valence-electron chi connectivity index (χ1n) is 14.2. The number of nitrogens with one attached hydrogen (secondary N) is 4. The zero-order chi connectivity index (χ0) is 28.9. The Balaban J connectivity index is 1.28. The molecule has 2 aliphatic heterocycles. The van der Waals surface area contributed by atoms with E-state index in [-0.39, 0.29) is 18.0 Å². The van der Waals surface area contributed by atoms with Crippen molar-refractivity contribution in [1.82, 2.24) is 30.4 Å². The highest BCUT2D eigenvalue weighted by molar-refractivity contribution is 5.89. The second-order valence-electron chi connectivity index (χ2n) is 10.7. The number of amides is 1. The molecule has 0 spiro atoms. The van der Waals surface area contributed by atoms with Crippen LogP contribution in [0.4, 0.5) is 26.0 Å². The third-order valence-electron chi connectivity index (χ3n) is 8.04. The van der Waals surface area contributed by atoms with Gasteiger partial charge in [-0.05, 0) is 36.6 Å². The number of hydrazine groups is 1. The lowest BCUT2D eigenvalue weighted by Gasteiger charge is -2.35. The van der Waals surface area contributed by atoms with Crippen molar-refractivity contribution in [1.29, 1.82) is 0 Å². The van der Waals surface area contributed by atoms with Crippen molar-refractivity contribution in [3.63, 3.8) is 0 Å². The van der Waals surface area contributed by atoms with Gasteiger partial charge in [0.1, 0.15) is 17.5 Å². The van der Waals surface area contributed by atoms with E-state index in [4.69, 9.17) is 4.74 Å². The van der Waals surface area contributed by atoms with Gasteiger partial charge in [-0.15, -0.1) is 0 Å². The maximum atomic E-state index is 15.2. The number of nitrogens with zero attached hydrogens (tertiary/aromatic N) is 4. The van der Waals surface area contributed by atoms with Gasteiger partial charge < -0.3 is 15.0 Å². The van der Waals surface area contributed by atoms with Gasteiger partial charge in [0, 0.05) is 65.0 Å². The Kier molecular flexibility index (Phi) is 9.23. The normalized spacial score (nSPS) is 17.1. The van der Waals surface area contributed by atoms with E-state index < -0.39 is 11.6 Å². The number of carbonyl (C=O) groups is 1. The van der Waals surface area contributed by atoms with E-state index in [9.17, 15) is 4.79 Å². The molecule has 3 aromatic rings. The van der Waals surface area contributed by atoms with Crippen LogP contribution in [-0.4, -0.2) is 92.6 Å². The summed E-state index contributed by atoms with van der Waals surface area (Å²) in [5.41, 5.74) is 8.24. The molecule has 0 unspecified atom stereocenters. The number of aromatic nitrogens is 2. The Morgan fingerprint density at radius 3 is 2.39 bits per heavy atom. The first-order valence-corrected chi connectivity index (χ1v) is 14.2. The highest BCUT2D eigenvalue weighted by atomic mass is 19.1. The lowest BCUT2D eigenvalue weighted by molar-refractivity contribution is -0.123. The van der Waals surface area contributed by atoms with Gasteiger partial charge in [0.05, 0.1) is 43.4 Å². The van der Waals surface area contributed by atoms with Gasteiger partial charge in [-0.1, -0.05) is 12.1 Å². The van der Waals surface area contributed by atoms with Gasteiger partial charge in [0.15, 0.2) is 0 Å². The molecule has 222 valence electrons. The molecule has 0 aliphatic carbocycles. The largest absolute Gasteiger partial charge is 0.386 e. The number of morpholine rings is 1. The minimum absolute atomic E-state index is 0.0335. The second kappa shape index (κ2) is 13.0. The lowest BCUT2D eigenvalue weighted by Crippen LogP contribution is -2.45. The number of aromatic amines is 1. The Bertz CT molecular complexity index is 1290. The molecule has 1 aromatic heterocycles. The van der Waals surface area contributed by atoms with Gasteiger partial charge in [-0.25, -0.2) is 14.2 Å². The number of para-hydroxylation sites is 1. The van der Waals surface area contributed by atoms with Crippen LogP contribution in [0.2, 0.25) is 0 Å². The molecule has 0 bridgehead atoms. The van der Waals surface area contributed by atoms with Crippen molar-refractivity contribution in [2.24, 2.45) is 0 Å². The molecular weight excluding hydrogens is 530 g/mol. The number of anilines is 3. The Morgan fingerprint density at radius 2 is 1.76 bits per heavy atom. The first-order chi connectivity index (χ1) is 19.9. The van der Waals surface area contributed by atoms with Gasteiger partial charge >= 0.3 is 0 Å². The topological polar surface area (TPSA) is 92.8 Å². The van der Waals surface area contributed by atoms with E-state index in [1.165, 1.54) is 12.1 Å². The number of likely N-dealkylation sites (tertiary alicyclic amines) is 1. The van der Waals surface area contributed by atoms with Crippen LogP contribution in [0.25, 0.3) is 11.1 Å². The fraction of sp³-hybridized carbons (Fsp3) is 0.483. The summed E-state index contributed by atoms with van der Waals surface area (Å²) in [4.78, 5) is 18.0. The number of benzene rings is 2. The number of rotatable bonds is 10. The van der Waals surface area contributed by atoms with Gasteiger partial charge in [-0.3, -0.25) is 29.8 Å². The summed E-state index contributed by atoms with van der Waals surface area (Å²) in [5, 5.41) is 6.70. The third kappa shape index (κ3) is 6.56. The zero-order valence-electron chi connectivity index (χ0n) is 24.0. The molecule has 2 aromatic carbocycles. The predicted octanol–water partition coefficient (Wildman–Crippen LogP) is 3.29. The van der Waals surface area contributed by atoms with Crippen LogP contribution < -0.4 is 21.1 Å². The zero-order valence-corrected chi connectivity index (χ0v) is 24.0. The van der Waals surface area contributed by atoms with Crippen molar-refractivity contribution in [3.05, 3.63) is 53.7 Å². The van der Waals surface area contributed by atoms with Crippen LogP contribution >= 0.6 is 0 Å².